The van der Waals surface area contributed by atoms with E-state index >= 15 is 0 Å². The molecule has 1 aliphatic rings. The molecule has 1 aliphatic heterocycles. The zero-order chi connectivity index (χ0) is 14.4. The number of guanidine groups is 1. The van der Waals surface area contributed by atoms with Crippen molar-refractivity contribution in [1.29, 1.82) is 0 Å². The lowest BCUT2D eigenvalue weighted by Gasteiger charge is -2.26. The number of ether oxygens (including phenoxy) is 1. The van der Waals surface area contributed by atoms with Gasteiger partial charge in [0.2, 0.25) is 5.91 Å². The van der Waals surface area contributed by atoms with Gasteiger partial charge in [0.1, 0.15) is 12.3 Å². The first-order chi connectivity index (χ1) is 9.70. The fourth-order valence-corrected chi connectivity index (χ4v) is 2.13. The fraction of sp³-hybridized carbons (Fsp3) is 0.429. The van der Waals surface area contributed by atoms with E-state index in [4.69, 9.17) is 10.5 Å². The Morgan fingerprint density at radius 2 is 2.30 bits per heavy atom. The zero-order valence-corrected chi connectivity index (χ0v) is 11.6. The van der Waals surface area contributed by atoms with E-state index in [9.17, 15) is 4.79 Å². The second kappa shape index (κ2) is 6.79. The molecule has 1 heterocycles. The predicted molar refractivity (Wildman–Crippen MR) is 77.6 cm³/mol. The van der Waals surface area contributed by atoms with Gasteiger partial charge in [-0.05, 0) is 13.0 Å². The Morgan fingerprint density at radius 1 is 1.50 bits per heavy atom. The number of fused-ring (bicyclic) bond motifs is 1. The SMILES string of the molecule is CCNC(=O)CN=C(N)NC1CCOc2ccccc21. The molecule has 1 unspecified atom stereocenters. The van der Waals surface area contributed by atoms with Crippen molar-refractivity contribution in [2.75, 3.05) is 19.7 Å². The standard InChI is InChI=1S/C14H20N4O2/c1-2-16-13(19)9-17-14(15)18-11-7-8-20-12-6-4-3-5-10(11)12/h3-6,11H,2,7-9H2,1H3,(H,16,19)(H3,15,17,18). The summed E-state index contributed by atoms with van der Waals surface area (Å²) in [4.78, 5) is 15.4. The normalized spacial score (nSPS) is 17.9. The molecule has 0 aromatic heterocycles. The van der Waals surface area contributed by atoms with Crippen LogP contribution < -0.4 is 21.1 Å². The number of hydrogen-bond acceptors (Lipinski definition) is 3. The Balaban J connectivity index is 1.97. The summed E-state index contributed by atoms with van der Waals surface area (Å²) in [5.74, 6) is 1.01. The van der Waals surface area contributed by atoms with E-state index in [0.717, 1.165) is 17.7 Å². The highest BCUT2D eigenvalue weighted by Gasteiger charge is 2.21. The molecular weight excluding hydrogens is 256 g/mol. The van der Waals surface area contributed by atoms with Crippen molar-refractivity contribution in [2.45, 2.75) is 19.4 Å². The number of nitrogens with zero attached hydrogens (tertiary/aromatic N) is 1. The van der Waals surface area contributed by atoms with Gasteiger partial charge in [-0.2, -0.15) is 0 Å². The summed E-state index contributed by atoms with van der Waals surface area (Å²) in [5.41, 5.74) is 6.89. The van der Waals surface area contributed by atoms with Crippen LogP contribution in [0.15, 0.2) is 29.3 Å². The van der Waals surface area contributed by atoms with Crippen LogP contribution in [0.4, 0.5) is 0 Å². The van der Waals surface area contributed by atoms with Crippen molar-refractivity contribution in [3.63, 3.8) is 0 Å². The second-order valence-electron chi connectivity index (χ2n) is 4.53. The van der Waals surface area contributed by atoms with Crippen LogP contribution in [0.25, 0.3) is 0 Å². The van der Waals surface area contributed by atoms with Crippen LogP contribution in [0.2, 0.25) is 0 Å². The van der Waals surface area contributed by atoms with Gasteiger partial charge >= 0.3 is 0 Å². The predicted octanol–water partition coefficient (Wildman–Crippen LogP) is 0.551. The number of para-hydroxylation sites is 1. The molecule has 20 heavy (non-hydrogen) atoms. The highest BCUT2D eigenvalue weighted by atomic mass is 16.5. The lowest BCUT2D eigenvalue weighted by molar-refractivity contribution is -0.119. The topological polar surface area (TPSA) is 88.7 Å². The maximum Gasteiger partial charge on any atom is 0.241 e. The summed E-state index contributed by atoms with van der Waals surface area (Å²) < 4.78 is 5.58. The summed E-state index contributed by atoms with van der Waals surface area (Å²) in [7, 11) is 0. The highest BCUT2D eigenvalue weighted by molar-refractivity contribution is 5.84. The average Bonchev–Trinajstić information content (AvgIpc) is 2.46. The number of hydrogen-bond donors (Lipinski definition) is 3. The minimum atomic E-state index is -0.135. The number of nitrogens with two attached hydrogens (primary N) is 1. The van der Waals surface area contributed by atoms with Crippen LogP contribution in [0.5, 0.6) is 5.75 Å². The molecule has 0 saturated heterocycles. The molecule has 1 amide bonds. The Labute approximate surface area is 118 Å². The molecule has 4 N–H and O–H groups in total. The first kappa shape index (κ1) is 14.2. The minimum absolute atomic E-state index is 0.0392. The Bertz CT molecular complexity index is 502. The number of carbonyl (C=O) groups is 1. The molecule has 6 nitrogen and oxygen atoms in total. The molecule has 1 atom stereocenters. The average molecular weight is 276 g/mol. The van der Waals surface area contributed by atoms with Crippen LogP contribution in [0.1, 0.15) is 24.9 Å². The van der Waals surface area contributed by atoms with E-state index in [-0.39, 0.29) is 24.5 Å². The largest absolute Gasteiger partial charge is 0.493 e. The molecule has 1 aromatic carbocycles. The molecular formula is C14H20N4O2. The van der Waals surface area contributed by atoms with Crippen molar-refractivity contribution in [3.8, 4) is 5.75 Å². The molecule has 0 spiro atoms. The number of nitrogens with one attached hydrogen (secondary N) is 2. The van der Waals surface area contributed by atoms with Crippen molar-refractivity contribution >= 4 is 11.9 Å². The van der Waals surface area contributed by atoms with Crippen LogP contribution >= 0.6 is 0 Å². The van der Waals surface area contributed by atoms with Gasteiger partial charge in [-0.3, -0.25) is 4.79 Å². The summed E-state index contributed by atoms with van der Waals surface area (Å²) >= 11 is 0. The van der Waals surface area contributed by atoms with E-state index in [0.29, 0.717) is 13.2 Å². The van der Waals surface area contributed by atoms with Gasteiger partial charge in [0, 0.05) is 18.5 Å². The molecule has 0 fully saturated rings. The van der Waals surface area contributed by atoms with Gasteiger partial charge in [0.05, 0.1) is 12.6 Å². The van der Waals surface area contributed by atoms with Crippen molar-refractivity contribution in [3.05, 3.63) is 29.8 Å². The van der Waals surface area contributed by atoms with Crippen molar-refractivity contribution in [1.82, 2.24) is 10.6 Å². The number of likely N-dealkylation sites (N-methyl/N-ethyl adjacent to an activating group) is 1. The third-order valence-electron chi connectivity index (χ3n) is 3.05. The number of aliphatic imine (C=N–C) groups is 1. The molecule has 0 aliphatic carbocycles. The minimum Gasteiger partial charge on any atom is -0.493 e. The molecule has 2 rings (SSSR count). The number of carbonyl (C=O) groups excluding carboxylic acids is 1. The van der Waals surface area contributed by atoms with Gasteiger partial charge < -0.3 is 21.1 Å². The Kier molecular flexibility index (Phi) is 4.81. The van der Waals surface area contributed by atoms with Gasteiger partial charge in [0.15, 0.2) is 5.96 Å². The van der Waals surface area contributed by atoms with Crippen molar-refractivity contribution < 1.29 is 9.53 Å². The van der Waals surface area contributed by atoms with Crippen LogP contribution in [0.3, 0.4) is 0 Å². The lowest BCUT2D eigenvalue weighted by Crippen LogP contribution is -2.38. The molecule has 6 heteroatoms. The van der Waals surface area contributed by atoms with E-state index in [1.807, 2.05) is 31.2 Å². The number of benzene rings is 1. The van der Waals surface area contributed by atoms with E-state index in [1.165, 1.54) is 0 Å². The quantitative estimate of drug-likeness (QED) is 0.553. The smallest absolute Gasteiger partial charge is 0.241 e. The number of amides is 1. The third-order valence-corrected chi connectivity index (χ3v) is 3.05. The lowest BCUT2D eigenvalue weighted by atomic mass is 10.0. The van der Waals surface area contributed by atoms with E-state index < -0.39 is 0 Å². The maximum atomic E-state index is 11.3. The first-order valence-electron chi connectivity index (χ1n) is 6.75. The van der Waals surface area contributed by atoms with E-state index in [1.54, 1.807) is 0 Å². The molecule has 0 radical (unpaired) electrons. The van der Waals surface area contributed by atoms with Gasteiger partial charge in [-0.15, -0.1) is 0 Å². The van der Waals surface area contributed by atoms with Gasteiger partial charge in [0.25, 0.3) is 0 Å². The first-order valence-corrected chi connectivity index (χ1v) is 6.75. The third kappa shape index (κ3) is 3.63. The molecule has 108 valence electrons. The highest BCUT2D eigenvalue weighted by Crippen LogP contribution is 2.31. The Morgan fingerprint density at radius 3 is 3.10 bits per heavy atom. The monoisotopic (exact) mass is 276 g/mol. The summed E-state index contributed by atoms with van der Waals surface area (Å²) in [6.07, 6.45) is 0.814. The summed E-state index contributed by atoms with van der Waals surface area (Å²) in [5, 5.41) is 5.81. The van der Waals surface area contributed by atoms with Crippen LogP contribution in [-0.4, -0.2) is 31.6 Å². The molecule has 0 saturated carbocycles. The Hall–Kier alpha value is -2.24. The molecule has 1 aromatic rings. The van der Waals surface area contributed by atoms with E-state index in [2.05, 4.69) is 15.6 Å². The summed E-state index contributed by atoms with van der Waals surface area (Å²) in [6, 6.07) is 7.91. The van der Waals surface area contributed by atoms with Gasteiger partial charge in [-0.25, -0.2) is 4.99 Å². The maximum absolute atomic E-state index is 11.3. The van der Waals surface area contributed by atoms with Crippen molar-refractivity contribution in [2.24, 2.45) is 10.7 Å². The second-order valence-corrected chi connectivity index (χ2v) is 4.53. The zero-order valence-electron chi connectivity index (χ0n) is 11.6. The molecule has 0 bridgehead atoms. The van der Waals surface area contributed by atoms with Crippen LogP contribution in [-0.2, 0) is 4.79 Å². The number of rotatable bonds is 4. The summed E-state index contributed by atoms with van der Waals surface area (Å²) in [6.45, 7) is 3.13. The fourth-order valence-electron chi connectivity index (χ4n) is 2.13. The van der Waals surface area contributed by atoms with Gasteiger partial charge in [-0.1, -0.05) is 18.2 Å². The van der Waals surface area contributed by atoms with Crippen LogP contribution in [0, 0.1) is 0 Å².